The molecule has 0 bridgehead atoms. The molecule has 0 aromatic carbocycles. The van der Waals surface area contributed by atoms with Crippen LogP contribution in [-0.2, 0) is 4.74 Å². The Balaban J connectivity index is 0. The average Bonchev–Trinajstić information content (AvgIpc) is 2.65. The van der Waals surface area contributed by atoms with E-state index in [1.54, 1.807) is 12.3 Å². The third-order valence-corrected chi connectivity index (χ3v) is 3.79. The van der Waals surface area contributed by atoms with Gasteiger partial charge in [-0.3, -0.25) is 4.99 Å². The number of nitrogens with zero attached hydrogens (tertiary/aromatic N) is 1. The first-order valence-corrected chi connectivity index (χ1v) is 10.4. The highest BCUT2D eigenvalue weighted by Gasteiger charge is 2.11. The molecule has 0 rings (SSSR count). The van der Waals surface area contributed by atoms with Gasteiger partial charge in [-0.05, 0) is 25.7 Å². The van der Waals surface area contributed by atoms with Gasteiger partial charge in [0.25, 0.3) is 0 Å². The van der Waals surface area contributed by atoms with Crippen molar-refractivity contribution in [2.75, 3.05) is 6.54 Å². The van der Waals surface area contributed by atoms with E-state index < -0.39 is 0 Å². The Kier molecular flexibility index (Phi) is 22.0. The second-order valence-electron chi connectivity index (χ2n) is 6.23. The number of hydrogen-bond acceptors (Lipinski definition) is 3. The van der Waals surface area contributed by atoms with Gasteiger partial charge < -0.3 is 10.1 Å². The van der Waals surface area contributed by atoms with Crippen molar-refractivity contribution in [1.29, 1.82) is 0 Å². The molecule has 0 fully saturated rings. The standard InChI is InChI=1S/C18H32N2O2.C4H10/c1-5-9-10-12-17(8-4)22-18(21)20-15-13-16(11-6-2)19-14-7-3;1-3-4-2/h7,11,14,17H,3,5-6,8-10,12-13,15H2,1-2,4H3,(H,20,21);3-4H2,1-2H3. The Morgan fingerprint density at radius 3 is 2.31 bits per heavy atom. The molecule has 4 heteroatoms. The smallest absolute Gasteiger partial charge is 0.407 e. The monoisotopic (exact) mass is 366 g/mol. The zero-order chi connectivity index (χ0) is 20.0. The number of ether oxygens (including phenoxy) is 1. The van der Waals surface area contributed by atoms with Gasteiger partial charge in [0, 0.05) is 24.9 Å². The van der Waals surface area contributed by atoms with Crippen LogP contribution in [0.1, 0.15) is 92.4 Å². The lowest BCUT2D eigenvalue weighted by Gasteiger charge is -2.16. The molecule has 0 saturated heterocycles. The number of carbonyl (C=O) groups is 1. The Bertz CT molecular complexity index is 388. The fourth-order valence-electron chi connectivity index (χ4n) is 2.06. The maximum Gasteiger partial charge on any atom is 0.407 e. The fraction of sp³-hybridized carbons (Fsp3) is 0.727. The van der Waals surface area contributed by atoms with Gasteiger partial charge in [0.2, 0.25) is 0 Å². The molecule has 26 heavy (non-hydrogen) atoms. The summed E-state index contributed by atoms with van der Waals surface area (Å²) in [5.41, 5.74) is 0.956. The highest BCUT2D eigenvalue weighted by atomic mass is 16.6. The third-order valence-electron chi connectivity index (χ3n) is 3.79. The fourth-order valence-corrected chi connectivity index (χ4v) is 2.06. The molecule has 152 valence electrons. The van der Waals surface area contributed by atoms with Crippen molar-refractivity contribution in [3.63, 3.8) is 0 Å². The quantitative estimate of drug-likeness (QED) is 0.287. The molecule has 0 aliphatic rings. The van der Waals surface area contributed by atoms with Gasteiger partial charge >= 0.3 is 6.09 Å². The van der Waals surface area contributed by atoms with Crippen LogP contribution in [0, 0.1) is 0 Å². The second-order valence-corrected chi connectivity index (χ2v) is 6.23. The summed E-state index contributed by atoms with van der Waals surface area (Å²) < 4.78 is 5.45. The van der Waals surface area contributed by atoms with Crippen molar-refractivity contribution in [2.45, 2.75) is 98.5 Å². The topological polar surface area (TPSA) is 50.7 Å². The van der Waals surface area contributed by atoms with E-state index in [2.05, 4.69) is 51.5 Å². The first-order valence-electron chi connectivity index (χ1n) is 10.4. The lowest BCUT2D eigenvalue weighted by Crippen LogP contribution is -2.29. The Morgan fingerprint density at radius 2 is 1.81 bits per heavy atom. The van der Waals surface area contributed by atoms with Crippen molar-refractivity contribution in [1.82, 2.24) is 5.32 Å². The van der Waals surface area contributed by atoms with E-state index in [-0.39, 0.29) is 12.2 Å². The highest BCUT2D eigenvalue weighted by molar-refractivity contribution is 5.71. The summed E-state index contributed by atoms with van der Waals surface area (Å²) in [4.78, 5) is 16.1. The predicted octanol–water partition coefficient (Wildman–Crippen LogP) is 6.82. The lowest BCUT2D eigenvalue weighted by atomic mass is 10.1. The zero-order valence-corrected chi connectivity index (χ0v) is 17.9. The van der Waals surface area contributed by atoms with Gasteiger partial charge in [-0.15, -0.1) is 0 Å². The number of unbranched alkanes of at least 4 members (excludes halogenated alkanes) is 3. The largest absolute Gasteiger partial charge is 0.446 e. The van der Waals surface area contributed by atoms with Crippen LogP contribution in [0.2, 0.25) is 0 Å². The molecule has 0 heterocycles. The van der Waals surface area contributed by atoms with Crippen LogP contribution in [0.15, 0.2) is 29.4 Å². The van der Waals surface area contributed by atoms with Crippen molar-refractivity contribution in [3.8, 4) is 0 Å². The minimum atomic E-state index is -0.327. The molecule has 1 atom stereocenters. The van der Waals surface area contributed by atoms with Crippen LogP contribution < -0.4 is 5.32 Å². The van der Waals surface area contributed by atoms with Crippen LogP contribution in [0.3, 0.4) is 0 Å². The van der Waals surface area contributed by atoms with E-state index in [1.807, 2.05) is 6.08 Å². The lowest BCUT2D eigenvalue weighted by molar-refractivity contribution is 0.0888. The maximum atomic E-state index is 11.8. The SMILES string of the molecule is C=CC=NC(=CCC)CCNC(=O)OC(CC)CCCCC.CCCC. The zero-order valence-electron chi connectivity index (χ0n) is 17.9. The molecule has 1 amide bonds. The van der Waals surface area contributed by atoms with Crippen LogP contribution in [0.5, 0.6) is 0 Å². The molecule has 1 unspecified atom stereocenters. The normalized spacial score (nSPS) is 12.3. The molecule has 0 saturated carbocycles. The second kappa shape index (κ2) is 21.5. The molecule has 0 aliphatic heterocycles. The van der Waals surface area contributed by atoms with Crippen molar-refractivity contribution in [2.24, 2.45) is 4.99 Å². The number of aliphatic imine (C=N–C) groups is 1. The number of rotatable bonds is 13. The summed E-state index contributed by atoms with van der Waals surface area (Å²) in [7, 11) is 0. The summed E-state index contributed by atoms with van der Waals surface area (Å²) in [5.74, 6) is 0. The Labute approximate surface area is 162 Å². The third kappa shape index (κ3) is 18.8. The molecule has 0 spiro atoms. The van der Waals surface area contributed by atoms with Gasteiger partial charge in [0.1, 0.15) is 6.10 Å². The van der Waals surface area contributed by atoms with Gasteiger partial charge in [0.15, 0.2) is 0 Å². The average molecular weight is 367 g/mol. The van der Waals surface area contributed by atoms with Crippen LogP contribution in [0.4, 0.5) is 4.79 Å². The number of allylic oxidation sites excluding steroid dienone is 2. The molecule has 4 nitrogen and oxygen atoms in total. The van der Waals surface area contributed by atoms with Gasteiger partial charge in [-0.25, -0.2) is 4.79 Å². The summed E-state index contributed by atoms with van der Waals surface area (Å²) in [6, 6.07) is 0. The number of amides is 1. The number of nitrogens with one attached hydrogen (secondary N) is 1. The summed E-state index contributed by atoms with van der Waals surface area (Å²) >= 11 is 0. The van der Waals surface area contributed by atoms with Crippen LogP contribution in [-0.4, -0.2) is 25.0 Å². The summed E-state index contributed by atoms with van der Waals surface area (Å²) in [6.45, 7) is 14.8. The number of carbonyl (C=O) groups excluding carboxylic acids is 1. The minimum absolute atomic E-state index is 0.0241. The van der Waals surface area contributed by atoms with Crippen molar-refractivity contribution >= 4 is 12.3 Å². The molecular formula is C22H42N2O2. The summed E-state index contributed by atoms with van der Waals surface area (Å²) in [5, 5.41) is 2.80. The first-order chi connectivity index (χ1) is 12.6. The van der Waals surface area contributed by atoms with Gasteiger partial charge in [-0.1, -0.05) is 79.0 Å². The van der Waals surface area contributed by atoms with E-state index in [0.29, 0.717) is 13.0 Å². The number of alkyl carbamates (subject to hydrolysis) is 1. The van der Waals surface area contributed by atoms with E-state index in [0.717, 1.165) is 31.4 Å². The van der Waals surface area contributed by atoms with Gasteiger partial charge in [0.05, 0.1) is 0 Å². The van der Waals surface area contributed by atoms with Gasteiger partial charge in [-0.2, -0.15) is 0 Å². The van der Waals surface area contributed by atoms with E-state index >= 15 is 0 Å². The Morgan fingerprint density at radius 1 is 1.12 bits per heavy atom. The maximum absolute atomic E-state index is 11.8. The molecule has 1 N–H and O–H groups in total. The van der Waals surface area contributed by atoms with Crippen molar-refractivity contribution in [3.05, 3.63) is 24.4 Å². The molecule has 0 aromatic rings. The number of hydrogen-bond donors (Lipinski definition) is 1. The van der Waals surface area contributed by atoms with Crippen LogP contribution in [0.25, 0.3) is 0 Å². The molecular weight excluding hydrogens is 324 g/mol. The van der Waals surface area contributed by atoms with Crippen LogP contribution >= 0.6 is 0 Å². The molecule has 0 aromatic heterocycles. The first kappa shape index (κ1) is 26.6. The minimum Gasteiger partial charge on any atom is -0.446 e. The predicted molar refractivity (Wildman–Crippen MR) is 115 cm³/mol. The van der Waals surface area contributed by atoms with E-state index in [4.69, 9.17) is 4.74 Å². The Hall–Kier alpha value is -1.58. The highest BCUT2D eigenvalue weighted by Crippen LogP contribution is 2.10. The van der Waals surface area contributed by atoms with E-state index in [9.17, 15) is 4.79 Å². The van der Waals surface area contributed by atoms with E-state index in [1.165, 1.54) is 25.7 Å². The molecule has 0 radical (unpaired) electrons. The molecule has 0 aliphatic carbocycles. The van der Waals surface area contributed by atoms with Crippen molar-refractivity contribution < 1.29 is 9.53 Å². The summed E-state index contributed by atoms with van der Waals surface area (Å²) in [6.07, 6.45) is 14.6.